The van der Waals surface area contributed by atoms with Crippen molar-refractivity contribution in [3.05, 3.63) is 83.4 Å². The van der Waals surface area contributed by atoms with Gasteiger partial charge in [-0.05, 0) is 42.6 Å². The summed E-state index contributed by atoms with van der Waals surface area (Å²) in [6.07, 6.45) is 3.52. The van der Waals surface area contributed by atoms with E-state index in [-0.39, 0.29) is 23.5 Å². The van der Waals surface area contributed by atoms with E-state index in [0.29, 0.717) is 42.6 Å². The minimum atomic E-state index is -1.03. The lowest BCUT2D eigenvalue weighted by Crippen LogP contribution is -2.05. The maximum atomic E-state index is 13.5. The lowest BCUT2D eigenvalue weighted by atomic mass is 10.0. The van der Waals surface area contributed by atoms with Crippen molar-refractivity contribution in [1.29, 1.82) is 10.8 Å². The third-order valence-electron chi connectivity index (χ3n) is 4.36. The normalized spacial score (nSPS) is 11.9. The first-order valence-corrected chi connectivity index (χ1v) is 10.3. The molecule has 3 aromatic rings. The molecule has 3 N–H and O–H groups in total. The van der Waals surface area contributed by atoms with Crippen LogP contribution in [0.15, 0.2) is 55.0 Å². The fraction of sp³-hybridized carbons (Fsp3) is 0.0909. The number of pyridine rings is 2. The number of aliphatic hydroxyl groups excluding tert-OH is 1. The molecule has 152 valence electrons. The summed E-state index contributed by atoms with van der Waals surface area (Å²) in [4.78, 5) is 8.90. The fourth-order valence-corrected chi connectivity index (χ4v) is 3.48. The van der Waals surface area contributed by atoms with E-state index in [4.69, 9.17) is 15.9 Å². The molecule has 0 aliphatic carbocycles. The van der Waals surface area contributed by atoms with Crippen molar-refractivity contribution in [2.75, 3.05) is 12.8 Å². The fourth-order valence-electron chi connectivity index (χ4n) is 2.74. The number of rotatable bonds is 8. The van der Waals surface area contributed by atoms with Crippen LogP contribution in [0.25, 0.3) is 22.2 Å². The summed E-state index contributed by atoms with van der Waals surface area (Å²) < 4.78 is 26.7. The van der Waals surface area contributed by atoms with E-state index in [1.807, 2.05) is 5.82 Å². The summed E-state index contributed by atoms with van der Waals surface area (Å²) in [6.45, 7) is 3.98. The molecule has 0 amide bonds. The predicted molar refractivity (Wildman–Crippen MR) is 119 cm³/mol. The molecule has 0 aliphatic rings. The van der Waals surface area contributed by atoms with Crippen LogP contribution in [-0.4, -0.2) is 39.8 Å². The number of aromatic nitrogens is 2. The second kappa shape index (κ2) is 9.57. The van der Waals surface area contributed by atoms with Gasteiger partial charge in [-0.25, -0.2) is 13.8 Å². The maximum absolute atomic E-state index is 13.5. The molecule has 2 aromatic heterocycles. The third kappa shape index (κ3) is 4.70. The second-order valence-electron chi connectivity index (χ2n) is 6.36. The summed E-state index contributed by atoms with van der Waals surface area (Å²) in [7, 11) is 0.383. The Balaban J connectivity index is 1.94. The van der Waals surface area contributed by atoms with E-state index in [9.17, 15) is 8.78 Å². The smallest absolute Gasteiger partial charge is 0.159 e. The van der Waals surface area contributed by atoms with Gasteiger partial charge in [0.05, 0.1) is 22.4 Å². The van der Waals surface area contributed by atoms with Crippen molar-refractivity contribution >= 4 is 42.7 Å². The van der Waals surface area contributed by atoms with Gasteiger partial charge in [-0.2, -0.15) is 0 Å². The number of hydrogen-bond acceptors (Lipinski definition) is 5. The zero-order chi connectivity index (χ0) is 21.7. The Bertz CT molecular complexity index is 1180. The zero-order valence-corrected chi connectivity index (χ0v) is 16.9. The van der Waals surface area contributed by atoms with Crippen LogP contribution in [0.5, 0.6) is 0 Å². The summed E-state index contributed by atoms with van der Waals surface area (Å²) >= 11 is 0. The van der Waals surface area contributed by atoms with Gasteiger partial charge in [-0.15, -0.1) is 0 Å². The minimum absolute atomic E-state index is 0.0601. The number of nitrogens with one attached hydrogen (secondary N) is 2. The van der Waals surface area contributed by atoms with Gasteiger partial charge in [0, 0.05) is 41.3 Å². The van der Waals surface area contributed by atoms with Crippen LogP contribution in [0.3, 0.4) is 0 Å². The number of aliphatic hydroxyl groups is 1. The zero-order valence-electron chi connectivity index (χ0n) is 15.9. The standard InChI is InChI=1S/C22H19F2N4OP/c1-13(22(26)14-2-3-17(23)18(24)8-14)19-4-5-20-21(28-19)9-15(11-27-20)16(10-25)12-30-7-6-29/h2-5,8-12,25-26,29-30H,1,6-7H2/b16-12+,25-10?,26-22?. The van der Waals surface area contributed by atoms with Crippen LogP contribution in [0, 0.1) is 22.5 Å². The molecule has 0 saturated heterocycles. The second-order valence-corrected chi connectivity index (χ2v) is 7.56. The van der Waals surface area contributed by atoms with Gasteiger partial charge in [0.1, 0.15) is 0 Å². The van der Waals surface area contributed by atoms with Gasteiger partial charge < -0.3 is 10.5 Å². The summed E-state index contributed by atoms with van der Waals surface area (Å²) in [5, 5.41) is 24.9. The van der Waals surface area contributed by atoms with Crippen molar-refractivity contribution in [1.82, 2.24) is 9.97 Å². The molecule has 0 saturated carbocycles. The van der Waals surface area contributed by atoms with Gasteiger partial charge in [-0.3, -0.25) is 10.4 Å². The number of fused-ring (bicyclic) bond motifs is 1. The molecule has 3 rings (SSSR count). The Kier molecular flexibility index (Phi) is 6.87. The monoisotopic (exact) mass is 424 g/mol. The first-order valence-electron chi connectivity index (χ1n) is 9.00. The van der Waals surface area contributed by atoms with Crippen LogP contribution in [-0.2, 0) is 0 Å². The van der Waals surface area contributed by atoms with Crippen molar-refractivity contribution in [3.8, 4) is 0 Å². The van der Waals surface area contributed by atoms with Crippen molar-refractivity contribution < 1.29 is 13.9 Å². The van der Waals surface area contributed by atoms with Gasteiger partial charge >= 0.3 is 0 Å². The summed E-state index contributed by atoms with van der Waals surface area (Å²) in [6, 6.07) is 8.45. The van der Waals surface area contributed by atoms with Gasteiger partial charge in [0.25, 0.3) is 0 Å². The molecule has 8 heteroatoms. The van der Waals surface area contributed by atoms with Crippen molar-refractivity contribution in [2.45, 2.75) is 0 Å². The van der Waals surface area contributed by atoms with Crippen LogP contribution in [0.4, 0.5) is 8.78 Å². The maximum Gasteiger partial charge on any atom is 0.159 e. The molecule has 0 spiro atoms. The van der Waals surface area contributed by atoms with Crippen molar-refractivity contribution in [2.24, 2.45) is 0 Å². The average molecular weight is 424 g/mol. The van der Waals surface area contributed by atoms with E-state index >= 15 is 0 Å². The Labute approximate surface area is 174 Å². The van der Waals surface area contributed by atoms with E-state index in [2.05, 4.69) is 16.5 Å². The van der Waals surface area contributed by atoms with E-state index < -0.39 is 11.6 Å². The predicted octanol–water partition coefficient (Wildman–Crippen LogP) is 4.65. The molecule has 0 fully saturated rings. The summed E-state index contributed by atoms with van der Waals surface area (Å²) in [5.74, 6) is -0.124. The van der Waals surface area contributed by atoms with E-state index in [1.54, 1.807) is 24.4 Å². The lowest BCUT2D eigenvalue weighted by molar-refractivity contribution is 0.322. The van der Waals surface area contributed by atoms with Crippen LogP contribution in [0.2, 0.25) is 0 Å². The molecule has 0 bridgehead atoms. The Morgan fingerprint density at radius 3 is 2.60 bits per heavy atom. The highest BCUT2D eigenvalue weighted by molar-refractivity contribution is 7.42. The Morgan fingerprint density at radius 2 is 1.90 bits per heavy atom. The Hall–Kier alpha value is -3.15. The van der Waals surface area contributed by atoms with Gasteiger partial charge in [0.2, 0.25) is 0 Å². The molecular formula is C22H19F2N4OP. The number of allylic oxidation sites excluding steroid dienone is 2. The van der Waals surface area contributed by atoms with Crippen LogP contribution >= 0.6 is 8.58 Å². The SMILES string of the molecule is C=C(C(=N)c1ccc(F)c(F)c1)c1ccc2ncc(/C(C=N)=C/PCCO)cc2n1. The molecule has 30 heavy (non-hydrogen) atoms. The van der Waals surface area contributed by atoms with Crippen molar-refractivity contribution in [3.63, 3.8) is 0 Å². The summed E-state index contributed by atoms with van der Waals surface area (Å²) in [5.41, 5.74) is 3.41. The highest BCUT2D eigenvalue weighted by atomic mass is 31.1. The van der Waals surface area contributed by atoms with Crippen LogP contribution < -0.4 is 0 Å². The Morgan fingerprint density at radius 1 is 1.10 bits per heavy atom. The number of benzene rings is 1. The molecule has 0 aliphatic heterocycles. The number of hydrogen-bond donors (Lipinski definition) is 3. The molecule has 0 radical (unpaired) electrons. The molecule has 1 unspecified atom stereocenters. The lowest BCUT2D eigenvalue weighted by Gasteiger charge is -2.10. The van der Waals surface area contributed by atoms with E-state index in [0.717, 1.165) is 12.1 Å². The highest BCUT2D eigenvalue weighted by Gasteiger charge is 2.13. The van der Waals surface area contributed by atoms with Gasteiger partial charge in [-0.1, -0.05) is 21.0 Å². The molecule has 5 nitrogen and oxygen atoms in total. The number of nitrogens with zero attached hydrogens (tertiary/aromatic N) is 2. The quantitative estimate of drug-likeness (QED) is 0.279. The van der Waals surface area contributed by atoms with Gasteiger partial charge in [0.15, 0.2) is 11.6 Å². The molecular weight excluding hydrogens is 405 g/mol. The topological polar surface area (TPSA) is 93.7 Å². The van der Waals surface area contributed by atoms with E-state index in [1.165, 1.54) is 12.3 Å². The minimum Gasteiger partial charge on any atom is -0.396 e. The molecule has 2 heterocycles. The highest BCUT2D eigenvalue weighted by Crippen LogP contribution is 2.24. The molecule has 1 aromatic carbocycles. The van der Waals surface area contributed by atoms with Crippen LogP contribution in [0.1, 0.15) is 16.8 Å². The largest absolute Gasteiger partial charge is 0.396 e. The first-order chi connectivity index (χ1) is 14.4. The molecule has 1 atom stereocenters. The average Bonchev–Trinajstić information content (AvgIpc) is 2.77. The number of halogens is 2. The first kappa shape index (κ1) is 21.6. The third-order valence-corrected chi connectivity index (χ3v) is 5.39.